The Balaban J connectivity index is 0. The number of ether oxygens (including phenoxy) is 1. The molecular weight excluding hydrogens is 199 g/mol. The maximum absolute atomic E-state index is 11.5. The Hall–Kier alpha value is -0.490. The molecule has 0 bridgehead atoms. The molecule has 0 amide bonds. The third-order valence-corrected chi connectivity index (χ3v) is 0.955. The summed E-state index contributed by atoms with van der Waals surface area (Å²) >= 11 is 0. The molecule has 0 fully saturated rings. The van der Waals surface area contributed by atoms with Gasteiger partial charge in [0.25, 0.3) is 0 Å². The van der Waals surface area contributed by atoms with Crippen molar-refractivity contribution in [2.75, 3.05) is 7.11 Å². The van der Waals surface area contributed by atoms with Crippen LogP contribution in [-0.4, -0.2) is 25.3 Å². The third kappa shape index (κ3) is 6.23. The van der Waals surface area contributed by atoms with E-state index in [9.17, 15) is 18.0 Å². The van der Waals surface area contributed by atoms with Crippen LogP contribution in [0.3, 0.4) is 0 Å². The molecule has 0 heterocycles. The smallest absolute Gasteiger partial charge is 0.391 e. The topological polar surface area (TPSA) is 52.3 Å². The minimum Gasteiger partial charge on any atom is -0.468 e. The molecule has 0 aliphatic rings. The fourth-order valence-corrected chi connectivity index (χ4v) is 0.484. The first kappa shape index (κ1) is 14.1. The van der Waals surface area contributed by atoms with Gasteiger partial charge in [-0.05, 0) is 0 Å². The molecule has 0 aliphatic heterocycles. The zero-order valence-electron chi connectivity index (χ0n) is 6.22. The van der Waals surface area contributed by atoms with Gasteiger partial charge in [-0.25, -0.2) is 0 Å². The quantitative estimate of drug-likeness (QED) is 0.684. The second-order valence-corrected chi connectivity index (χ2v) is 1.95. The number of hydrogen-bond donors (Lipinski definition) is 1. The summed E-state index contributed by atoms with van der Waals surface area (Å²) < 4.78 is 38.5. The van der Waals surface area contributed by atoms with Crippen molar-refractivity contribution in [2.24, 2.45) is 5.73 Å². The molecule has 0 aromatic heterocycles. The fraction of sp³-hybridized carbons (Fsp3) is 0.800. The van der Waals surface area contributed by atoms with Crippen molar-refractivity contribution < 1.29 is 22.7 Å². The van der Waals surface area contributed by atoms with E-state index in [1.54, 1.807) is 0 Å². The lowest BCUT2D eigenvalue weighted by Crippen LogP contribution is -2.36. The van der Waals surface area contributed by atoms with E-state index in [-0.39, 0.29) is 12.4 Å². The predicted molar refractivity (Wildman–Crippen MR) is 37.9 cm³/mol. The average Bonchev–Trinajstić information content (AvgIpc) is 1.82. The number of nitrogens with two attached hydrogens (primary N) is 1. The number of carbonyl (C=O) groups excluding carboxylic acids is 1. The van der Waals surface area contributed by atoms with Crippen molar-refractivity contribution in [3.63, 3.8) is 0 Å². The number of carbonyl (C=O) groups is 1. The van der Waals surface area contributed by atoms with Crippen LogP contribution in [-0.2, 0) is 9.53 Å². The normalized spacial score (nSPS) is 13.1. The predicted octanol–water partition coefficient (Wildman–Crippen LogP) is 0.861. The fourth-order valence-electron chi connectivity index (χ4n) is 0.484. The molecule has 0 aromatic carbocycles. The van der Waals surface area contributed by atoms with Gasteiger partial charge in [-0.2, -0.15) is 13.2 Å². The zero-order chi connectivity index (χ0) is 9.07. The highest BCUT2D eigenvalue weighted by molar-refractivity contribution is 5.85. The highest BCUT2D eigenvalue weighted by Gasteiger charge is 2.33. The molecule has 0 unspecified atom stereocenters. The van der Waals surface area contributed by atoms with Crippen LogP contribution in [0.15, 0.2) is 0 Å². The lowest BCUT2D eigenvalue weighted by atomic mass is 10.2. The van der Waals surface area contributed by atoms with E-state index in [4.69, 9.17) is 5.73 Å². The van der Waals surface area contributed by atoms with Gasteiger partial charge in [-0.15, -0.1) is 12.4 Å². The van der Waals surface area contributed by atoms with Crippen molar-refractivity contribution in [3.8, 4) is 0 Å². The van der Waals surface area contributed by atoms with Crippen LogP contribution in [0.1, 0.15) is 6.42 Å². The number of methoxy groups -OCH3 is 1. The van der Waals surface area contributed by atoms with E-state index in [0.29, 0.717) is 0 Å². The first-order valence-electron chi connectivity index (χ1n) is 2.77. The summed E-state index contributed by atoms with van der Waals surface area (Å²) in [5, 5.41) is 0. The minimum absolute atomic E-state index is 0. The van der Waals surface area contributed by atoms with Crippen molar-refractivity contribution in [1.82, 2.24) is 0 Å². The van der Waals surface area contributed by atoms with Gasteiger partial charge in [0.15, 0.2) is 0 Å². The average molecular weight is 208 g/mol. The van der Waals surface area contributed by atoms with Crippen LogP contribution in [0.25, 0.3) is 0 Å². The van der Waals surface area contributed by atoms with Crippen LogP contribution < -0.4 is 5.73 Å². The second kappa shape index (κ2) is 5.21. The first-order chi connectivity index (χ1) is 4.87. The van der Waals surface area contributed by atoms with Gasteiger partial charge in [0.05, 0.1) is 13.5 Å². The number of rotatable bonds is 2. The molecule has 0 rings (SSSR count). The molecule has 2 N–H and O–H groups in total. The monoisotopic (exact) mass is 207 g/mol. The van der Waals surface area contributed by atoms with E-state index < -0.39 is 24.6 Å². The molecule has 0 saturated carbocycles. The van der Waals surface area contributed by atoms with Gasteiger partial charge < -0.3 is 10.5 Å². The summed E-state index contributed by atoms with van der Waals surface area (Å²) in [6.45, 7) is 0. The van der Waals surface area contributed by atoms with Crippen LogP contribution in [0.5, 0.6) is 0 Å². The molecule has 0 aliphatic carbocycles. The molecule has 0 aromatic rings. The Labute approximate surface area is 73.5 Å². The van der Waals surface area contributed by atoms with Gasteiger partial charge >= 0.3 is 12.1 Å². The number of halogens is 4. The summed E-state index contributed by atoms with van der Waals surface area (Å²) in [4.78, 5) is 10.3. The Morgan fingerprint density at radius 2 is 2.00 bits per heavy atom. The summed E-state index contributed by atoms with van der Waals surface area (Å²) in [5.74, 6) is -1.05. The number of alkyl halides is 3. The SMILES string of the molecule is COC(=O)[C@H](N)CC(F)(F)F.Cl. The van der Waals surface area contributed by atoms with Gasteiger partial charge in [0, 0.05) is 0 Å². The van der Waals surface area contributed by atoms with Crippen LogP contribution in [0.2, 0.25) is 0 Å². The third-order valence-electron chi connectivity index (χ3n) is 0.955. The molecule has 0 radical (unpaired) electrons. The zero-order valence-corrected chi connectivity index (χ0v) is 7.04. The maximum Gasteiger partial charge on any atom is 0.391 e. The van der Waals surface area contributed by atoms with E-state index in [1.807, 2.05) is 0 Å². The van der Waals surface area contributed by atoms with Crippen molar-refractivity contribution >= 4 is 18.4 Å². The number of esters is 1. The Morgan fingerprint density at radius 3 is 2.25 bits per heavy atom. The van der Waals surface area contributed by atoms with Gasteiger partial charge in [0.1, 0.15) is 6.04 Å². The molecule has 7 heteroatoms. The van der Waals surface area contributed by atoms with Crippen LogP contribution in [0.4, 0.5) is 13.2 Å². The van der Waals surface area contributed by atoms with Crippen molar-refractivity contribution in [2.45, 2.75) is 18.6 Å². The Morgan fingerprint density at radius 1 is 1.58 bits per heavy atom. The van der Waals surface area contributed by atoms with Crippen molar-refractivity contribution in [1.29, 1.82) is 0 Å². The molecular formula is C5H9ClF3NO2. The molecule has 1 atom stereocenters. The van der Waals surface area contributed by atoms with Gasteiger partial charge in [-0.1, -0.05) is 0 Å². The first-order valence-corrected chi connectivity index (χ1v) is 2.77. The molecule has 74 valence electrons. The lowest BCUT2D eigenvalue weighted by Gasteiger charge is -2.10. The summed E-state index contributed by atoms with van der Waals surface area (Å²) in [5.41, 5.74) is 4.82. The minimum atomic E-state index is -4.42. The highest BCUT2D eigenvalue weighted by atomic mass is 35.5. The van der Waals surface area contributed by atoms with E-state index in [2.05, 4.69) is 4.74 Å². The van der Waals surface area contributed by atoms with Gasteiger partial charge in [-0.3, -0.25) is 4.79 Å². The van der Waals surface area contributed by atoms with E-state index in [0.717, 1.165) is 7.11 Å². The molecule has 12 heavy (non-hydrogen) atoms. The molecule has 0 spiro atoms. The van der Waals surface area contributed by atoms with Crippen LogP contribution >= 0.6 is 12.4 Å². The largest absolute Gasteiger partial charge is 0.468 e. The summed E-state index contributed by atoms with van der Waals surface area (Å²) in [6.07, 6.45) is -5.77. The molecule has 3 nitrogen and oxygen atoms in total. The summed E-state index contributed by atoms with van der Waals surface area (Å²) in [6, 6.07) is -1.61. The highest BCUT2D eigenvalue weighted by Crippen LogP contribution is 2.20. The van der Waals surface area contributed by atoms with Gasteiger partial charge in [0.2, 0.25) is 0 Å². The number of hydrogen-bond acceptors (Lipinski definition) is 3. The second-order valence-electron chi connectivity index (χ2n) is 1.95. The Bertz CT molecular complexity index is 150. The lowest BCUT2D eigenvalue weighted by molar-refractivity contribution is -0.158. The molecule has 0 saturated heterocycles. The van der Waals surface area contributed by atoms with E-state index >= 15 is 0 Å². The van der Waals surface area contributed by atoms with E-state index in [1.165, 1.54) is 0 Å². The van der Waals surface area contributed by atoms with Crippen LogP contribution in [0, 0.1) is 0 Å². The Kier molecular flexibility index (Phi) is 6.10. The maximum atomic E-state index is 11.5. The standard InChI is InChI=1S/C5H8F3NO2.ClH/c1-11-4(10)3(9)2-5(6,7)8;/h3H,2,9H2,1H3;1H/t3-;/m1./s1. The summed E-state index contributed by atoms with van der Waals surface area (Å²) in [7, 11) is 0.985. The van der Waals surface area contributed by atoms with Crippen molar-refractivity contribution in [3.05, 3.63) is 0 Å².